The molecule has 5 nitrogen and oxygen atoms in total. The average Bonchev–Trinajstić information content (AvgIpc) is 2.80. The Morgan fingerprint density at radius 3 is 2.38 bits per heavy atom. The van der Waals surface area contributed by atoms with Gasteiger partial charge in [-0.05, 0) is 64.2 Å². The number of alkyl halides is 1. The van der Waals surface area contributed by atoms with Gasteiger partial charge in [0.1, 0.15) is 11.9 Å². The monoisotopic (exact) mass is 481 g/mol. The fraction of sp³-hybridized carbons (Fsp3) is 0.407. The van der Waals surface area contributed by atoms with Crippen molar-refractivity contribution in [3.63, 3.8) is 0 Å². The number of halogens is 2. The molecule has 0 aliphatic heterocycles. The van der Waals surface area contributed by atoms with E-state index in [-0.39, 0.29) is 5.97 Å². The summed E-state index contributed by atoms with van der Waals surface area (Å²) in [5.41, 5.74) is 2.13. The summed E-state index contributed by atoms with van der Waals surface area (Å²) < 4.78 is 19.6. The lowest BCUT2D eigenvalue weighted by molar-refractivity contribution is -0.153. The molecule has 0 spiro atoms. The maximum atomic E-state index is 14.2. The van der Waals surface area contributed by atoms with Crippen LogP contribution in [-0.4, -0.2) is 33.9 Å². The minimum Gasteiger partial charge on any atom is -0.465 e. The van der Waals surface area contributed by atoms with E-state index in [1.54, 1.807) is 12.1 Å². The second kappa shape index (κ2) is 9.79. The molecule has 7 heteroatoms. The third kappa shape index (κ3) is 5.12. The summed E-state index contributed by atoms with van der Waals surface area (Å²) >= 11 is 6.08. The minimum absolute atomic E-state index is 0.234. The van der Waals surface area contributed by atoms with Gasteiger partial charge in [-0.3, -0.25) is 4.79 Å². The molecule has 1 fully saturated rings. The Morgan fingerprint density at radius 2 is 1.76 bits per heavy atom. The number of ether oxygens (including phenoxy) is 1. The highest BCUT2D eigenvalue weighted by Crippen LogP contribution is 2.49. The second-order valence-corrected chi connectivity index (χ2v) is 10.3. The number of aryl methyl sites for hydroxylation is 1. The van der Waals surface area contributed by atoms with Gasteiger partial charge in [-0.2, -0.15) is 0 Å². The number of hydrogen-bond acceptors (Lipinski definition) is 5. The summed E-state index contributed by atoms with van der Waals surface area (Å²) in [7, 11) is 0. The summed E-state index contributed by atoms with van der Waals surface area (Å²) in [6.07, 6.45) is 0.862. The van der Waals surface area contributed by atoms with E-state index in [1.807, 2.05) is 63.2 Å². The Hall–Kier alpha value is -2.86. The number of benzene rings is 2. The van der Waals surface area contributed by atoms with Gasteiger partial charge in [-0.25, -0.2) is 9.37 Å². The highest BCUT2D eigenvalue weighted by atomic mass is 35.5. The number of carbonyl (C=O) groups excluding carboxylic acids is 1. The van der Waals surface area contributed by atoms with E-state index in [0.29, 0.717) is 48.8 Å². The number of nitrogens with zero attached hydrogens (tertiary/aromatic N) is 3. The van der Waals surface area contributed by atoms with Crippen molar-refractivity contribution in [2.45, 2.75) is 58.0 Å². The van der Waals surface area contributed by atoms with Gasteiger partial charge >= 0.3 is 5.97 Å². The fourth-order valence-corrected chi connectivity index (χ4v) is 4.32. The zero-order valence-corrected chi connectivity index (χ0v) is 20.5. The highest BCUT2D eigenvalue weighted by molar-refractivity contribution is 6.30. The second-order valence-electron chi connectivity index (χ2n) is 9.88. The van der Waals surface area contributed by atoms with Crippen LogP contribution in [0.1, 0.15) is 57.1 Å². The largest absolute Gasteiger partial charge is 0.465 e. The van der Waals surface area contributed by atoms with Gasteiger partial charge < -0.3 is 4.74 Å². The van der Waals surface area contributed by atoms with E-state index in [0.717, 1.165) is 16.8 Å². The van der Waals surface area contributed by atoms with Gasteiger partial charge in [-0.15, -0.1) is 10.2 Å². The maximum Gasteiger partial charge on any atom is 0.311 e. The first-order chi connectivity index (χ1) is 16.2. The smallest absolute Gasteiger partial charge is 0.311 e. The van der Waals surface area contributed by atoms with Crippen LogP contribution >= 0.6 is 11.6 Å². The van der Waals surface area contributed by atoms with Gasteiger partial charge in [0.05, 0.1) is 23.1 Å². The first-order valence-corrected chi connectivity index (χ1v) is 11.9. The first-order valence-electron chi connectivity index (χ1n) is 11.6. The predicted octanol–water partition coefficient (Wildman–Crippen LogP) is 6.13. The maximum absolute atomic E-state index is 14.2. The van der Waals surface area contributed by atoms with Crippen molar-refractivity contribution in [1.29, 1.82) is 0 Å². The zero-order chi connectivity index (χ0) is 24.3. The van der Waals surface area contributed by atoms with Gasteiger partial charge in [0, 0.05) is 10.6 Å². The van der Waals surface area contributed by atoms with Crippen LogP contribution in [0.3, 0.4) is 0 Å². The molecule has 0 radical (unpaired) electrons. The molecule has 0 bridgehead atoms. The molecule has 1 saturated carbocycles. The lowest BCUT2D eigenvalue weighted by atomic mass is 9.62. The standard InChI is InChI=1S/C27H29ClFN3O2/c1-26(2,3)25(33)34-15-7-10-22-23(18-8-5-4-6-9-18)31-32-24(30-22)27(16-21(29)17-27)19-11-13-20(28)14-12-19/h4-6,8-9,11-14,21H,7,10,15-17H2,1-3H3/t21-,27-. The quantitative estimate of drug-likeness (QED) is 0.300. The van der Waals surface area contributed by atoms with Crippen LogP contribution < -0.4 is 0 Å². The molecule has 178 valence electrons. The van der Waals surface area contributed by atoms with Crippen LogP contribution in [0.2, 0.25) is 5.02 Å². The molecule has 0 amide bonds. The van der Waals surface area contributed by atoms with Crippen molar-refractivity contribution < 1.29 is 13.9 Å². The molecule has 3 aromatic rings. The van der Waals surface area contributed by atoms with Crippen molar-refractivity contribution >= 4 is 17.6 Å². The van der Waals surface area contributed by atoms with Crippen molar-refractivity contribution in [3.05, 3.63) is 76.7 Å². The SMILES string of the molecule is CC(C)(C)C(=O)OCCCc1nc([C@]2(c3ccc(Cl)cc3)C[C@@H](F)C2)nnc1-c1ccccc1. The third-order valence-corrected chi connectivity index (χ3v) is 6.43. The number of rotatable bonds is 7. The molecule has 1 aliphatic carbocycles. The van der Waals surface area contributed by atoms with Crippen molar-refractivity contribution in [2.24, 2.45) is 5.41 Å². The normalized spacial score (nSPS) is 20.0. The van der Waals surface area contributed by atoms with Crippen LogP contribution in [0.15, 0.2) is 54.6 Å². The average molecular weight is 482 g/mol. The number of hydrogen-bond donors (Lipinski definition) is 0. The Morgan fingerprint density at radius 1 is 1.09 bits per heavy atom. The van der Waals surface area contributed by atoms with Gasteiger partial charge in [0.25, 0.3) is 0 Å². The van der Waals surface area contributed by atoms with E-state index < -0.39 is 17.0 Å². The molecular formula is C27H29ClFN3O2. The van der Waals surface area contributed by atoms with Crippen molar-refractivity contribution in [3.8, 4) is 11.3 Å². The molecule has 1 aliphatic rings. The van der Waals surface area contributed by atoms with E-state index in [2.05, 4.69) is 10.2 Å². The highest BCUT2D eigenvalue weighted by Gasteiger charge is 2.50. The summed E-state index contributed by atoms with van der Waals surface area (Å²) in [6.45, 7) is 5.78. The lowest BCUT2D eigenvalue weighted by Crippen LogP contribution is -2.45. The predicted molar refractivity (Wildman–Crippen MR) is 130 cm³/mol. The third-order valence-electron chi connectivity index (χ3n) is 6.17. The molecule has 34 heavy (non-hydrogen) atoms. The van der Waals surface area contributed by atoms with Gasteiger partial charge in [0.15, 0.2) is 5.82 Å². The summed E-state index contributed by atoms with van der Waals surface area (Å²) in [5, 5.41) is 9.66. The van der Waals surface area contributed by atoms with Gasteiger partial charge in [-0.1, -0.05) is 54.1 Å². The van der Waals surface area contributed by atoms with E-state index in [9.17, 15) is 9.18 Å². The van der Waals surface area contributed by atoms with Crippen molar-refractivity contribution in [1.82, 2.24) is 15.2 Å². The van der Waals surface area contributed by atoms with E-state index in [4.69, 9.17) is 21.3 Å². The topological polar surface area (TPSA) is 65.0 Å². The summed E-state index contributed by atoms with van der Waals surface area (Å²) in [4.78, 5) is 17.0. The molecule has 0 unspecified atom stereocenters. The lowest BCUT2D eigenvalue weighted by Gasteiger charge is -2.43. The minimum atomic E-state index is -0.909. The molecule has 4 rings (SSSR count). The zero-order valence-electron chi connectivity index (χ0n) is 19.7. The Bertz CT molecular complexity index is 1140. The van der Waals surface area contributed by atoms with Crippen LogP contribution in [-0.2, 0) is 21.4 Å². The first kappa shape index (κ1) is 24.3. The number of esters is 1. The molecule has 0 saturated heterocycles. The molecule has 1 heterocycles. The molecular weight excluding hydrogens is 453 g/mol. The van der Waals surface area contributed by atoms with Crippen LogP contribution in [0, 0.1) is 5.41 Å². The Labute approximate surface area is 204 Å². The summed E-state index contributed by atoms with van der Waals surface area (Å²) in [5.74, 6) is 0.285. The van der Waals surface area contributed by atoms with Crippen molar-refractivity contribution in [2.75, 3.05) is 6.61 Å². The van der Waals surface area contributed by atoms with Gasteiger partial charge in [0.2, 0.25) is 0 Å². The van der Waals surface area contributed by atoms with Crippen LogP contribution in [0.5, 0.6) is 0 Å². The fourth-order valence-electron chi connectivity index (χ4n) is 4.19. The van der Waals surface area contributed by atoms with E-state index >= 15 is 0 Å². The molecule has 1 aromatic heterocycles. The number of carbonyl (C=O) groups is 1. The Balaban J connectivity index is 1.64. The molecule has 0 atom stereocenters. The summed E-state index contributed by atoms with van der Waals surface area (Å²) in [6, 6.07) is 17.2. The Kier molecular flexibility index (Phi) is 6.99. The number of aromatic nitrogens is 3. The molecule has 0 N–H and O–H groups in total. The van der Waals surface area contributed by atoms with Crippen LogP contribution in [0.25, 0.3) is 11.3 Å². The van der Waals surface area contributed by atoms with E-state index in [1.165, 1.54) is 0 Å². The van der Waals surface area contributed by atoms with Crippen LogP contribution in [0.4, 0.5) is 4.39 Å². The molecule has 2 aromatic carbocycles.